The highest BCUT2D eigenvalue weighted by molar-refractivity contribution is 5.96. The van der Waals surface area contributed by atoms with Gasteiger partial charge in [0.25, 0.3) is 0 Å². The summed E-state index contributed by atoms with van der Waals surface area (Å²) in [5, 5.41) is 0. The molecule has 0 N–H and O–H groups in total. The van der Waals surface area contributed by atoms with Gasteiger partial charge in [-0.1, -0.05) is 12.1 Å². The molecule has 2 saturated heterocycles. The summed E-state index contributed by atoms with van der Waals surface area (Å²) >= 11 is 0. The first-order chi connectivity index (χ1) is 12.1. The number of amides is 2. The van der Waals surface area contributed by atoms with Crippen molar-refractivity contribution < 1.29 is 19.1 Å². The molecule has 25 heavy (non-hydrogen) atoms. The number of likely N-dealkylation sites (tertiary alicyclic amines) is 1. The van der Waals surface area contributed by atoms with E-state index < -0.39 is 5.79 Å². The van der Waals surface area contributed by atoms with Crippen LogP contribution in [0.1, 0.15) is 30.4 Å². The van der Waals surface area contributed by atoms with E-state index in [-0.39, 0.29) is 11.8 Å². The van der Waals surface area contributed by atoms with Crippen LogP contribution in [0, 0.1) is 0 Å². The van der Waals surface area contributed by atoms with Gasteiger partial charge in [-0.15, -0.1) is 0 Å². The number of benzene rings is 1. The third-order valence-corrected chi connectivity index (χ3v) is 5.53. The molecule has 1 aromatic carbocycles. The lowest BCUT2D eigenvalue weighted by Gasteiger charge is -2.37. The van der Waals surface area contributed by atoms with E-state index in [2.05, 4.69) is 6.07 Å². The van der Waals surface area contributed by atoms with Gasteiger partial charge in [-0.3, -0.25) is 9.59 Å². The van der Waals surface area contributed by atoms with Gasteiger partial charge in [-0.05, 0) is 23.6 Å². The van der Waals surface area contributed by atoms with Crippen LogP contribution in [0.25, 0.3) is 0 Å². The zero-order chi connectivity index (χ0) is 17.4. The maximum absolute atomic E-state index is 12.6. The number of rotatable bonds is 2. The summed E-state index contributed by atoms with van der Waals surface area (Å²) in [7, 11) is 1.81. The smallest absolute Gasteiger partial charge is 0.227 e. The van der Waals surface area contributed by atoms with Crippen LogP contribution >= 0.6 is 0 Å². The van der Waals surface area contributed by atoms with Gasteiger partial charge < -0.3 is 19.3 Å². The maximum atomic E-state index is 12.6. The topological polar surface area (TPSA) is 59.1 Å². The average Bonchev–Trinajstić information content (AvgIpc) is 3.07. The van der Waals surface area contributed by atoms with Crippen molar-refractivity contribution in [1.82, 2.24) is 4.90 Å². The second-order valence-electron chi connectivity index (χ2n) is 7.08. The highest BCUT2D eigenvalue weighted by atomic mass is 16.7. The number of aryl methyl sites for hydroxylation is 1. The minimum Gasteiger partial charge on any atom is -0.347 e. The normalized spacial score (nSPS) is 22.4. The molecule has 0 saturated carbocycles. The number of nitrogens with zero attached hydrogens (tertiary/aromatic N) is 2. The third kappa shape index (κ3) is 3.16. The predicted octanol–water partition coefficient (Wildman–Crippen LogP) is 1.50. The van der Waals surface area contributed by atoms with E-state index in [1.54, 1.807) is 4.90 Å². The van der Waals surface area contributed by atoms with Crippen LogP contribution in [0.15, 0.2) is 18.2 Å². The summed E-state index contributed by atoms with van der Waals surface area (Å²) in [4.78, 5) is 28.0. The van der Waals surface area contributed by atoms with Crippen LogP contribution in [0.3, 0.4) is 0 Å². The predicted molar refractivity (Wildman–Crippen MR) is 92.3 cm³/mol. The molecular formula is C19H24N2O4. The van der Waals surface area contributed by atoms with Crippen molar-refractivity contribution in [3.63, 3.8) is 0 Å². The van der Waals surface area contributed by atoms with Gasteiger partial charge in [0, 0.05) is 45.1 Å². The van der Waals surface area contributed by atoms with Gasteiger partial charge in [0.05, 0.1) is 19.6 Å². The van der Waals surface area contributed by atoms with E-state index in [1.807, 2.05) is 24.1 Å². The monoisotopic (exact) mass is 344 g/mol. The molecule has 0 radical (unpaired) electrons. The molecule has 3 aliphatic heterocycles. The highest BCUT2D eigenvalue weighted by Gasteiger charge is 2.40. The Morgan fingerprint density at radius 3 is 2.60 bits per heavy atom. The third-order valence-electron chi connectivity index (χ3n) is 5.53. The molecule has 4 rings (SSSR count). The minimum atomic E-state index is -0.445. The van der Waals surface area contributed by atoms with Crippen LogP contribution in [0.4, 0.5) is 5.69 Å². The first-order valence-electron chi connectivity index (χ1n) is 9.00. The molecule has 3 aliphatic rings. The average molecular weight is 344 g/mol. The molecular weight excluding hydrogens is 320 g/mol. The molecule has 2 amide bonds. The molecule has 0 aliphatic carbocycles. The van der Waals surface area contributed by atoms with Crippen LogP contribution < -0.4 is 4.90 Å². The number of carbonyl (C=O) groups excluding carboxylic acids is 2. The van der Waals surface area contributed by atoms with Gasteiger partial charge in [0.1, 0.15) is 0 Å². The lowest BCUT2D eigenvalue weighted by atomic mass is 9.97. The molecule has 0 atom stereocenters. The van der Waals surface area contributed by atoms with Gasteiger partial charge >= 0.3 is 0 Å². The number of piperidine rings is 1. The molecule has 2 fully saturated rings. The van der Waals surface area contributed by atoms with Crippen molar-refractivity contribution in [3.05, 3.63) is 29.3 Å². The van der Waals surface area contributed by atoms with Crippen LogP contribution in [-0.4, -0.2) is 55.9 Å². The van der Waals surface area contributed by atoms with Crippen molar-refractivity contribution in [2.75, 3.05) is 38.3 Å². The van der Waals surface area contributed by atoms with E-state index in [0.717, 1.165) is 36.1 Å². The summed E-state index contributed by atoms with van der Waals surface area (Å²) in [6.45, 7) is 2.67. The SMILES string of the molecule is CN1C(=O)CCc2cc(CC(=O)N3CCC4(CC3)OCCO4)ccc21. The van der Waals surface area contributed by atoms with Crippen molar-refractivity contribution in [3.8, 4) is 0 Å². The summed E-state index contributed by atoms with van der Waals surface area (Å²) in [6, 6.07) is 5.99. The Labute approximate surface area is 147 Å². The minimum absolute atomic E-state index is 0.146. The number of ether oxygens (including phenoxy) is 2. The molecule has 0 aromatic heterocycles. The van der Waals surface area contributed by atoms with Crippen molar-refractivity contribution in [1.29, 1.82) is 0 Å². The fourth-order valence-corrected chi connectivity index (χ4v) is 3.99. The lowest BCUT2D eigenvalue weighted by Crippen LogP contribution is -2.47. The van der Waals surface area contributed by atoms with Crippen LogP contribution in [0.2, 0.25) is 0 Å². The fraction of sp³-hybridized carbons (Fsp3) is 0.579. The lowest BCUT2D eigenvalue weighted by molar-refractivity contribution is -0.187. The Kier molecular flexibility index (Phi) is 4.25. The van der Waals surface area contributed by atoms with Crippen LogP contribution in [-0.2, 0) is 31.9 Å². The van der Waals surface area contributed by atoms with Crippen molar-refractivity contribution >= 4 is 17.5 Å². The molecule has 0 bridgehead atoms. The van der Waals surface area contributed by atoms with E-state index in [9.17, 15) is 9.59 Å². The fourth-order valence-electron chi connectivity index (χ4n) is 3.99. The Balaban J connectivity index is 1.39. The number of hydrogen-bond acceptors (Lipinski definition) is 4. The van der Waals surface area contributed by atoms with Crippen molar-refractivity contribution in [2.24, 2.45) is 0 Å². The quantitative estimate of drug-likeness (QED) is 0.816. The van der Waals surface area contributed by atoms with Gasteiger partial charge in [0.2, 0.25) is 11.8 Å². The molecule has 134 valence electrons. The number of hydrogen-bond donors (Lipinski definition) is 0. The number of carbonyl (C=O) groups is 2. The Morgan fingerprint density at radius 1 is 1.16 bits per heavy atom. The first kappa shape index (κ1) is 16.5. The summed E-state index contributed by atoms with van der Waals surface area (Å²) < 4.78 is 11.4. The highest BCUT2D eigenvalue weighted by Crippen LogP contribution is 2.32. The molecule has 6 heteroatoms. The van der Waals surface area contributed by atoms with E-state index in [1.165, 1.54) is 0 Å². The Bertz CT molecular complexity index is 687. The van der Waals surface area contributed by atoms with Gasteiger partial charge in [0.15, 0.2) is 5.79 Å². The largest absolute Gasteiger partial charge is 0.347 e. The molecule has 1 aromatic rings. The molecule has 6 nitrogen and oxygen atoms in total. The second-order valence-corrected chi connectivity index (χ2v) is 7.08. The van der Waals surface area contributed by atoms with E-state index in [0.29, 0.717) is 39.1 Å². The standard InChI is InChI=1S/C19H24N2O4/c1-20-16-4-2-14(12-15(16)3-5-17(20)22)13-18(23)21-8-6-19(7-9-21)24-10-11-25-19/h2,4,12H,3,5-11,13H2,1H3. The van der Waals surface area contributed by atoms with E-state index in [4.69, 9.17) is 9.47 Å². The molecule has 1 spiro atoms. The number of fused-ring (bicyclic) bond motifs is 1. The second kappa shape index (κ2) is 6.42. The van der Waals surface area contributed by atoms with Gasteiger partial charge in [-0.25, -0.2) is 0 Å². The summed E-state index contributed by atoms with van der Waals surface area (Å²) in [6.07, 6.45) is 3.18. The molecule has 3 heterocycles. The summed E-state index contributed by atoms with van der Waals surface area (Å²) in [5.74, 6) is -0.150. The molecule has 0 unspecified atom stereocenters. The van der Waals surface area contributed by atoms with Crippen LogP contribution in [0.5, 0.6) is 0 Å². The Hall–Kier alpha value is -1.92. The maximum Gasteiger partial charge on any atom is 0.227 e. The number of anilines is 1. The van der Waals surface area contributed by atoms with Crippen molar-refractivity contribution in [2.45, 2.75) is 37.9 Å². The zero-order valence-corrected chi connectivity index (χ0v) is 14.6. The summed E-state index contributed by atoms with van der Waals surface area (Å²) in [5.41, 5.74) is 3.13. The first-order valence-corrected chi connectivity index (χ1v) is 9.00. The zero-order valence-electron chi connectivity index (χ0n) is 14.6. The Morgan fingerprint density at radius 2 is 1.88 bits per heavy atom. The van der Waals surface area contributed by atoms with E-state index >= 15 is 0 Å². The van der Waals surface area contributed by atoms with Gasteiger partial charge in [-0.2, -0.15) is 0 Å².